The van der Waals surface area contributed by atoms with Crippen molar-refractivity contribution >= 4 is 22.6 Å². The lowest BCUT2D eigenvalue weighted by molar-refractivity contribution is 0.102. The number of anilines is 1. The Morgan fingerprint density at radius 2 is 2.12 bits per heavy atom. The maximum Gasteiger partial charge on any atom is 0.323 e. The van der Waals surface area contributed by atoms with Crippen LogP contribution >= 0.6 is 0 Å². The monoisotopic (exact) mass is 340 g/mol. The number of rotatable bonds is 4. The third-order valence-corrected chi connectivity index (χ3v) is 3.95. The molecule has 128 valence electrons. The van der Waals surface area contributed by atoms with Crippen molar-refractivity contribution in [3.05, 3.63) is 52.6 Å². The molecule has 1 atom stereocenters. The van der Waals surface area contributed by atoms with Gasteiger partial charge in [-0.15, -0.1) is 0 Å². The zero-order valence-corrected chi connectivity index (χ0v) is 13.2. The van der Waals surface area contributed by atoms with E-state index in [4.69, 9.17) is 9.47 Å². The number of ether oxygens (including phenoxy) is 2. The first-order valence-corrected chi connectivity index (χ1v) is 7.91. The van der Waals surface area contributed by atoms with Gasteiger partial charge in [-0.25, -0.2) is 9.78 Å². The predicted octanol–water partition coefficient (Wildman–Crippen LogP) is 1.67. The molecule has 1 saturated heterocycles. The van der Waals surface area contributed by atoms with E-state index >= 15 is 0 Å². The van der Waals surface area contributed by atoms with E-state index in [0.717, 1.165) is 6.42 Å². The zero-order chi connectivity index (χ0) is 17.2. The molecule has 1 amide bonds. The fourth-order valence-electron chi connectivity index (χ4n) is 2.67. The molecule has 1 unspecified atom stereocenters. The van der Waals surface area contributed by atoms with E-state index in [-0.39, 0.29) is 17.7 Å². The number of amides is 1. The number of aromatic nitrogens is 3. The van der Waals surface area contributed by atoms with Crippen molar-refractivity contribution in [3.63, 3.8) is 0 Å². The summed E-state index contributed by atoms with van der Waals surface area (Å²) >= 11 is 0. The number of pyridine rings is 1. The van der Waals surface area contributed by atoms with Crippen LogP contribution in [0.4, 0.5) is 5.69 Å². The molecule has 3 aromatic rings. The van der Waals surface area contributed by atoms with Crippen LogP contribution in [0.2, 0.25) is 0 Å². The lowest BCUT2D eigenvalue weighted by Crippen LogP contribution is -2.17. The fraction of sp³-hybridized carbons (Fsp3) is 0.235. The summed E-state index contributed by atoms with van der Waals surface area (Å²) in [7, 11) is 0. The summed E-state index contributed by atoms with van der Waals surface area (Å²) in [4.78, 5) is 33.1. The predicted molar refractivity (Wildman–Crippen MR) is 91.0 cm³/mol. The number of benzene rings is 1. The molecule has 4 rings (SSSR count). The van der Waals surface area contributed by atoms with Crippen LogP contribution < -0.4 is 15.7 Å². The maximum atomic E-state index is 12.3. The Labute approximate surface area is 142 Å². The van der Waals surface area contributed by atoms with Crippen LogP contribution in [0, 0.1) is 0 Å². The number of H-pyrrole nitrogens is 2. The fourth-order valence-corrected chi connectivity index (χ4v) is 2.67. The maximum absolute atomic E-state index is 12.3. The van der Waals surface area contributed by atoms with Crippen molar-refractivity contribution < 1.29 is 14.3 Å². The van der Waals surface area contributed by atoms with Crippen LogP contribution in [0.3, 0.4) is 0 Å². The Kier molecular flexibility index (Phi) is 3.95. The molecule has 2 aromatic heterocycles. The Balaban J connectivity index is 1.45. The normalized spacial score (nSPS) is 16.9. The molecule has 3 N–H and O–H groups in total. The molecule has 0 aliphatic carbocycles. The second kappa shape index (κ2) is 6.40. The number of nitrogens with one attached hydrogen (secondary N) is 3. The molecule has 0 radical (unpaired) electrons. The highest BCUT2D eigenvalue weighted by Crippen LogP contribution is 2.17. The number of carbonyl (C=O) groups is 1. The van der Waals surface area contributed by atoms with Gasteiger partial charge in [0.05, 0.1) is 29.8 Å². The summed E-state index contributed by atoms with van der Waals surface area (Å²) < 4.78 is 10.9. The zero-order valence-electron chi connectivity index (χ0n) is 13.2. The number of hydrogen-bond donors (Lipinski definition) is 3. The first-order chi connectivity index (χ1) is 12.2. The highest BCUT2D eigenvalue weighted by atomic mass is 16.5. The first kappa shape index (κ1) is 15.4. The number of hydrogen-bond acceptors (Lipinski definition) is 5. The van der Waals surface area contributed by atoms with E-state index in [1.54, 1.807) is 30.3 Å². The van der Waals surface area contributed by atoms with Gasteiger partial charge in [0.2, 0.25) is 5.88 Å². The molecule has 0 bridgehead atoms. The summed E-state index contributed by atoms with van der Waals surface area (Å²) in [6.07, 6.45) is 2.33. The molecular formula is C17H16N4O4. The lowest BCUT2D eigenvalue weighted by atomic mass is 10.2. The number of aromatic amines is 2. The summed E-state index contributed by atoms with van der Waals surface area (Å²) in [5, 5.41) is 2.78. The number of fused-ring (bicyclic) bond motifs is 1. The summed E-state index contributed by atoms with van der Waals surface area (Å²) in [6.45, 7) is 1.26. The lowest BCUT2D eigenvalue weighted by Gasteiger charge is -2.11. The number of imidazole rings is 1. The van der Waals surface area contributed by atoms with Crippen LogP contribution in [0.5, 0.6) is 5.88 Å². The smallest absolute Gasteiger partial charge is 0.323 e. The molecule has 1 fully saturated rings. The number of carbonyl (C=O) groups excluding carboxylic acids is 1. The largest absolute Gasteiger partial charge is 0.472 e. The molecule has 25 heavy (non-hydrogen) atoms. The van der Waals surface area contributed by atoms with Gasteiger partial charge in [-0.1, -0.05) is 0 Å². The number of nitrogens with zero attached hydrogens (tertiary/aromatic N) is 1. The van der Waals surface area contributed by atoms with Crippen molar-refractivity contribution in [2.45, 2.75) is 12.5 Å². The van der Waals surface area contributed by atoms with Gasteiger partial charge in [0.25, 0.3) is 5.91 Å². The van der Waals surface area contributed by atoms with Crippen LogP contribution in [0.15, 0.2) is 41.3 Å². The molecule has 0 saturated carbocycles. The second-order valence-corrected chi connectivity index (χ2v) is 5.78. The highest BCUT2D eigenvalue weighted by Gasteiger charge is 2.18. The average molecular weight is 340 g/mol. The van der Waals surface area contributed by atoms with E-state index in [0.29, 0.717) is 41.4 Å². The summed E-state index contributed by atoms with van der Waals surface area (Å²) in [5.41, 5.74) is 2.02. The molecule has 8 heteroatoms. The van der Waals surface area contributed by atoms with Crippen molar-refractivity contribution in [2.24, 2.45) is 0 Å². The minimum atomic E-state index is -0.291. The van der Waals surface area contributed by atoms with Gasteiger partial charge in [0.1, 0.15) is 6.10 Å². The standard InChI is InChI=1S/C17H16N4O4/c22-16(19-11-2-3-13-14(7-11)21-17(23)20-13)10-1-4-15(18-8-10)25-12-5-6-24-9-12/h1-4,7-8,12H,5-6,9H2,(H,19,22)(H2,20,21,23). The second-order valence-electron chi connectivity index (χ2n) is 5.78. The van der Waals surface area contributed by atoms with Crippen molar-refractivity contribution in [1.82, 2.24) is 15.0 Å². The summed E-state index contributed by atoms with van der Waals surface area (Å²) in [6, 6.07) is 8.46. The van der Waals surface area contributed by atoms with Crippen LogP contribution in [-0.4, -0.2) is 40.2 Å². The SMILES string of the molecule is O=C(Nc1ccc2[nH]c(=O)[nH]c2c1)c1ccc(OC2CCOC2)nc1. The van der Waals surface area contributed by atoms with Gasteiger partial charge in [-0.2, -0.15) is 0 Å². The van der Waals surface area contributed by atoms with Gasteiger partial charge in [-0.3, -0.25) is 4.79 Å². The quantitative estimate of drug-likeness (QED) is 0.669. The first-order valence-electron chi connectivity index (χ1n) is 7.91. The molecule has 0 spiro atoms. The van der Waals surface area contributed by atoms with Crippen LogP contribution in [0.25, 0.3) is 11.0 Å². The van der Waals surface area contributed by atoms with E-state index in [2.05, 4.69) is 20.3 Å². The minimum Gasteiger partial charge on any atom is -0.472 e. The van der Waals surface area contributed by atoms with Gasteiger partial charge >= 0.3 is 5.69 Å². The molecule has 8 nitrogen and oxygen atoms in total. The average Bonchev–Trinajstić information content (AvgIpc) is 3.23. The van der Waals surface area contributed by atoms with E-state index in [9.17, 15) is 9.59 Å². The minimum absolute atomic E-state index is 0.0161. The Hall–Kier alpha value is -3.13. The van der Waals surface area contributed by atoms with Crippen LogP contribution in [-0.2, 0) is 4.74 Å². The Morgan fingerprint density at radius 3 is 2.88 bits per heavy atom. The van der Waals surface area contributed by atoms with Gasteiger partial charge in [0.15, 0.2) is 0 Å². The van der Waals surface area contributed by atoms with Crippen molar-refractivity contribution in [1.29, 1.82) is 0 Å². The van der Waals surface area contributed by atoms with E-state index < -0.39 is 0 Å². The third kappa shape index (κ3) is 3.38. The van der Waals surface area contributed by atoms with Gasteiger partial charge in [0, 0.05) is 24.4 Å². The molecule has 1 aliphatic rings. The topological polar surface area (TPSA) is 109 Å². The van der Waals surface area contributed by atoms with E-state index in [1.807, 2.05) is 0 Å². The van der Waals surface area contributed by atoms with Crippen LogP contribution in [0.1, 0.15) is 16.8 Å². The highest BCUT2D eigenvalue weighted by molar-refractivity contribution is 6.04. The van der Waals surface area contributed by atoms with Crippen molar-refractivity contribution in [3.8, 4) is 5.88 Å². The Morgan fingerprint density at radius 1 is 1.24 bits per heavy atom. The van der Waals surface area contributed by atoms with Crippen molar-refractivity contribution in [2.75, 3.05) is 18.5 Å². The molecular weight excluding hydrogens is 324 g/mol. The summed E-state index contributed by atoms with van der Waals surface area (Å²) in [5.74, 6) is 0.179. The van der Waals surface area contributed by atoms with E-state index in [1.165, 1.54) is 6.20 Å². The van der Waals surface area contributed by atoms with Gasteiger partial charge < -0.3 is 24.8 Å². The molecule has 3 heterocycles. The molecule has 1 aliphatic heterocycles. The molecule has 1 aromatic carbocycles. The Bertz CT molecular complexity index is 955. The third-order valence-electron chi connectivity index (χ3n) is 3.95. The van der Waals surface area contributed by atoms with Gasteiger partial charge in [-0.05, 0) is 24.3 Å².